The Kier molecular flexibility index (Phi) is 6.30. The minimum Gasteiger partial charge on any atom is -0.467 e. The number of carbonyl (C=O) groups is 2. The lowest BCUT2D eigenvalue weighted by molar-refractivity contribution is -0.125. The fourth-order valence-corrected chi connectivity index (χ4v) is 3.73. The lowest BCUT2D eigenvalue weighted by Crippen LogP contribution is -2.55. The first-order chi connectivity index (χ1) is 12.6. The Morgan fingerprint density at radius 1 is 1.31 bits per heavy atom. The number of hydrogen-bond donors (Lipinski definition) is 3. The molecule has 2 amide bonds. The highest BCUT2D eigenvalue weighted by molar-refractivity contribution is 7.99. The Morgan fingerprint density at radius 3 is 2.92 bits per heavy atom. The highest BCUT2D eigenvalue weighted by Gasteiger charge is 2.27. The Bertz CT molecular complexity index is 754. The molecule has 3 N–H and O–H groups in total. The highest BCUT2D eigenvalue weighted by atomic mass is 32.2. The minimum atomic E-state index is -0.362. The molecule has 0 aliphatic carbocycles. The molecule has 2 heterocycles. The second kappa shape index (κ2) is 8.86. The van der Waals surface area contributed by atoms with Crippen LogP contribution in [0.5, 0.6) is 0 Å². The summed E-state index contributed by atoms with van der Waals surface area (Å²) in [5.74, 6) is 0.536. The van der Waals surface area contributed by atoms with Gasteiger partial charge in [0.1, 0.15) is 17.1 Å². The quantitative estimate of drug-likeness (QED) is 0.688. The van der Waals surface area contributed by atoms with Crippen LogP contribution in [0.15, 0.2) is 47.1 Å². The van der Waals surface area contributed by atoms with Gasteiger partial charge in [-0.05, 0) is 23.8 Å². The van der Waals surface area contributed by atoms with Crippen molar-refractivity contribution in [2.45, 2.75) is 36.7 Å². The van der Waals surface area contributed by atoms with Crippen molar-refractivity contribution in [1.82, 2.24) is 16.0 Å². The number of halogens is 1. The van der Waals surface area contributed by atoms with E-state index in [-0.39, 0.29) is 42.0 Å². The van der Waals surface area contributed by atoms with Gasteiger partial charge in [-0.1, -0.05) is 18.2 Å². The third-order valence-corrected chi connectivity index (χ3v) is 5.01. The maximum Gasteiger partial charge on any atom is 0.223 e. The third kappa shape index (κ3) is 5.34. The molecule has 3 rings (SSSR count). The molecule has 1 saturated heterocycles. The van der Waals surface area contributed by atoms with E-state index in [2.05, 4.69) is 16.0 Å². The van der Waals surface area contributed by atoms with Crippen LogP contribution >= 0.6 is 11.8 Å². The Hall–Kier alpha value is -2.32. The number of nitrogens with one attached hydrogen (secondary N) is 3. The molecule has 6 nitrogen and oxygen atoms in total. The molecule has 2 atom stereocenters. The van der Waals surface area contributed by atoms with E-state index < -0.39 is 0 Å². The number of carbonyl (C=O) groups excluding carboxylic acids is 2. The number of furan rings is 1. The van der Waals surface area contributed by atoms with Crippen molar-refractivity contribution in [2.75, 3.05) is 0 Å². The number of amides is 2. The van der Waals surface area contributed by atoms with Crippen LogP contribution in [0.3, 0.4) is 0 Å². The maximum atomic E-state index is 13.7. The number of thioether (sulfide) groups is 1. The molecule has 1 aliphatic heterocycles. The molecule has 2 unspecified atom stereocenters. The zero-order valence-corrected chi connectivity index (χ0v) is 14.9. The molecule has 26 heavy (non-hydrogen) atoms. The van der Waals surface area contributed by atoms with Gasteiger partial charge >= 0.3 is 0 Å². The predicted octanol–water partition coefficient (Wildman–Crippen LogP) is 2.12. The number of rotatable bonds is 7. The van der Waals surface area contributed by atoms with E-state index in [9.17, 15) is 14.0 Å². The summed E-state index contributed by atoms with van der Waals surface area (Å²) in [4.78, 5) is 24.0. The van der Waals surface area contributed by atoms with Crippen LogP contribution in [0.25, 0.3) is 0 Å². The fourth-order valence-electron chi connectivity index (χ4n) is 2.65. The summed E-state index contributed by atoms with van der Waals surface area (Å²) in [6.07, 6.45) is 1.96. The topological polar surface area (TPSA) is 83.4 Å². The van der Waals surface area contributed by atoms with E-state index in [0.717, 1.165) is 0 Å². The van der Waals surface area contributed by atoms with Gasteiger partial charge in [0, 0.05) is 24.6 Å². The third-order valence-electron chi connectivity index (χ3n) is 3.95. The van der Waals surface area contributed by atoms with Crippen LogP contribution in [-0.2, 0) is 21.9 Å². The van der Waals surface area contributed by atoms with Crippen molar-refractivity contribution in [1.29, 1.82) is 0 Å². The minimum absolute atomic E-state index is 0.126. The first kappa shape index (κ1) is 18.5. The van der Waals surface area contributed by atoms with E-state index in [0.29, 0.717) is 23.6 Å². The van der Waals surface area contributed by atoms with E-state index in [1.807, 2.05) is 0 Å². The standard InChI is InChI=1S/C18H20FN3O3S/c19-15-6-2-1-4-12(15)11-26-18-21-13(9-17(24)22-18)8-16(23)20-10-14-5-3-7-25-14/h1-7,13,18,21H,8-11H2,(H,20,23)(H,22,24). The summed E-state index contributed by atoms with van der Waals surface area (Å²) < 4.78 is 18.9. The first-order valence-electron chi connectivity index (χ1n) is 8.29. The summed E-state index contributed by atoms with van der Waals surface area (Å²) in [5, 5.41) is 8.80. The normalized spacial score (nSPS) is 19.8. The predicted molar refractivity (Wildman–Crippen MR) is 96.3 cm³/mol. The molecule has 2 aromatic rings. The average molecular weight is 377 g/mol. The lowest BCUT2D eigenvalue weighted by atomic mass is 10.1. The summed E-state index contributed by atoms with van der Waals surface area (Å²) in [6.45, 7) is 0.316. The smallest absolute Gasteiger partial charge is 0.223 e. The van der Waals surface area contributed by atoms with Crippen LogP contribution in [0, 0.1) is 5.82 Å². The van der Waals surface area contributed by atoms with E-state index in [1.165, 1.54) is 17.8 Å². The molecule has 8 heteroatoms. The molecule has 1 aromatic heterocycles. The van der Waals surface area contributed by atoms with Gasteiger partial charge in [-0.15, -0.1) is 11.8 Å². The van der Waals surface area contributed by atoms with Gasteiger partial charge in [-0.3, -0.25) is 14.9 Å². The van der Waals surface area contributed by atoms with Crippen molar-refractivity contribution in [3.63, 3.8) is 0 Å². The summed E-state index contributed by atoms with van der Waals surface area (Å²) >= 11 is 1.38. The van der Waals surface area contributed by atoms with E-state index in [4.69, 9.17) is 4.42 Å². The molecule has 138 valence electrons. The molecule has 0 saturated carbocycles. The van der Waals surface area contributed by atoms with Gasteiger partial charge in [0.2, 0.25) is 11.8 Å². The molecule has 1 aliphatic rings. The SMILES string of the molecule is O=C(CC1CC(=O)NC(SCc2ccccc2F)N1)NCc1ccco1. The Balaban J connectivity index is 1.47. The van der Waals surface area contributed by atoms with Gasteiger partial charge in [0.05, 0.1) is 12.8 Å². The molecule has 0 radical (unpaired) electrons. The first-order valence-corrected chi connectivity index (χ1v) is 9.34. The van der Waals surface area contributed by atoms with Crippen molar-refractivity contribution in [3.05, 3.63) is 59.8 Å². The zero-order chi connectivity index (χ0) is 18.4. The molecule has 0 bridgehead atoms. The van der Waals surface area contributed by atoms with Gasteiger partial charge in [-0.2, -0.15) is 0 Å². The van der Waals surface area contributed by atoms with Crippen LogP contribution in [0.4, 0.5) is 4.39 Å². The van der Waals surface area contributed by atoms with Gasteiger partial charge < -0.3 is 15.1 Å². The van der Waals surface area contributed by atoms with E-state index in [1.54, 1.807) is 36.6 Å². The Labute approximate surface area is 154 Å². The van der Waals surface area contributed by atoms with Crippen molar-refractivity contribution >= 4 is 23.6 Å². The molecular formula is C18H20FN3O3S. The van der Waals surface area contributed by atoms with Crippen molar-refractivity contribution < 1.29 is 18.4 Å². The second-order valence-corrected chi connectivity index (χ2v) is 7.07. The molecule has 0 spiro atoms. The van der Waals surface area contributed by atoms with Gasteiger partial charge in [0.15, 0.2) is 0 Å². The summed E-state index contributed by atoms with van der Waals surface area (Å²) in [5.41, 5.74) is 0.214. The summed E-state index contributed by atoms with van der Waals surface area (Å²) in [6, 6.07) is 9.81. The van der Waals surface area contributed by atoms with Crippen molar-refractivity contribution in [2.24, 2.45) is 0 Å². The monoisotopic (exact) mass is 377 g/mol. The van der Waals surface area contributed by atoms with E-state index >= 15 is 0 Å². The van der Waals surface area contributed by atoms with Crippen LogP contribution in [0.1, 0.15) is 24.2 Å². The number of benzene rings is 1. The second-order valence-electron chi connectivity index (χ2n) is 5.98. The van der Waals surface area contributed by atoms with Gasteiger partial charge in [-0.25, -0.2) is 4.39 Å². The maximum absolute atomic E-state index is 13.7. The average Bonchev–Trinajstić information content (AvgIpc) is 3.12. The molecule has 1 aromatic carbocycles. The largest absolute Gasteiger partial charge is 0.467 e. The molecular weight excluding hydrogens is 357 g/mol. The zero-order valence-electron chi connectivity index (χ0n) is 14.0. The Morgan fingerprint density at radius 2 is 2.15 bits per heavy atom. The number of hydrogen-bond acceptors (Lipinski definition) is 5. The fraction of sp³-hybridized carbons (Fsp3) is 0.333. The molecule has 1 fully saturated rings. The lowest BCUT2D eigenvalue weighted by Gasteiger charge is -2.31. The van der Waals surface area contributed by atoms with Crippen molar-refractivity contribution in [3.8, 4) is 0 Å². The summed E-state index contributed by atoms with van der Waals surface area (Å²) in [7, 11) is 0. The highest BCUT2D eigenvalue weighted by Crippen LogP contribution is 2.20. The van der Waals surface area contributed by atoms with Gasteiger partial charge in [0.25, 0.3) is 0 Å². The van der Waals surface area contributed by atoms with Crippen LogP contribution in [0.2, 0.25) is 0 Å². The van der Waals surface area contributed by atoms with Crippen LogP contribution < -0.4 is 16.0 Å². The van der Waals surface area contributed by atoms with Crippen LogP contribution in [-0.4, -0.2) is 23.4 Å².